The molecule has 22 heavy (non-hydrogen) atoms. The molecule has 1 aliphatic rings. The van der Waals surface area contributed by atoms with E-state index in [9.17, 15) is 5.11 Å². The molecule has 2 heterocycles. The largest absolute Gasteiger partial charge is 0.508 e. The van der Waals surface area contributed by atoms with E-state index in [0.29, 0.717) is 5.75 Å². The fraction of sp³-hybridized carbons (Fsp3) is 0.333. The van der Waals surface area contributed by atoms with Gasteiger partial charge in [0.25, 0.3) is 0 Å². The molecule has 0 spiro atoms. The second kappa shape index (κ2) is 7.09. The molecular formula is C18H22N2OS. The van der Waals surface area contributed by atoms with Gasteiger partial charge in [0.05, 0.1) is 6.04 Å². The maximum absolute atomic E-state index is 9.83. The van der Waals surface area contributed by atoms with Crippen LogP contribution in [0.4, 0.5) is 0 Å². The minimum absolute atomic E-state index is 0.226. The molecule has 3 nitrogen and oxygen atoms in total. The number of aromatic hydroxyl groups is 1. The van der Waals surface area contributed by atoms with Gasteiger partial charge in [-0.1, -0.05) is 18.2 Å². The van der Waals surface area contributed by atoms with Crippen LogP contribution in [0.5, 0.6) is 5.75 Å². The minimum Gasteiger partial charge on any atom is -0.508 e. The molecule has 0 aliphatic carbocycles. The van der Waals surface area contributed by atoms with Crippen LogP contribution in [0.15, 0.2) is 53.7 Å². The second-order valence-corrected chi connectivity index (χ2v) is 6.46. The predicted molar refractivity (Wildman–Crippen MR) is 92.5 cm³/mol. The van der Waals surface area contributed by atoms with Crippen molar-refractivity contribution in [2.24, 2.45) is 0 Å². The number of benzene rings is 1. The van der Waals surface area contributed by atoms with Crippen LogP contribution in [-0.4, -0.2) is 47.6 Å². The lowest BCUT2D eigenvalue weighted by atomic mass is 9.98. The zero-order chi connectivity index (χ0) is 15.4. The van der Waals surface area contributed by atoms with Crippen LogP contribution < -0.4 is 0 Å². The van der Waals surface area contributed by atoms with Gasteiger partial charge in [-0.15, -0.1) is 6.58 Å². The molecule has 0 bridgehead atoms. The Labute approximate surface area is 136 Å². The standard InChI is InChI=1S/C18H22N2OS/c1-2-7-19-8-10-20(11-9-19)18(16-6-12-22-14-16)15-4-3-5-17(21)13-15/h2-6,12-14,18,21H,1,7-11H2. The van der Waals surface area contributed by atoms with E-state index in [1.54, 1.807) is 17.4 Å². The summed E-state index contributed by atoms with van der Waals surface area (Å²) in [6.45, 7) is 8.97. The van der Waals surface area contributed by atoms with Gasteiger partial charge < -0.3 is 5.11 Å². The van der Waals surface area contributed by atoms with Gasteiger partial charge >= 0.3 is 0 Å². The summed E-state index contributed by atoms with van der Waals surface area (Å²) in [6.07, 6.45) is 1.97. The van der Waals surface area contributed by atoms with Gasteiger partial charge in [-0.05, 0) is 40.1 Å². The van der Waals surface area contributed by atoms with Crippen LogP contribution in [0.25, 0.3) is 0 Å². The quantitative estimate of drug-likeness (QED) is 0.858. The summed E-state index contributed by atoms with van der Waals surface area (Å²) in [5.41, 5.74) is 2.48. The first-order chi connectivity index (χ1) is 10.8. The molecule has 1 saturated heterocycles. The number of phenolic OH excluding ortho intramolecular Hbond substituents is 1. The summed E-state index contributed by atoms with van der Waals surface area (Å²) in [5.74, 6) is 0.336. The molecule has 1 fully saturated rings. The summed E-state index contributed by atoms with van der Waals surface area (Å²) in [5, 5.41) is 14.2. The van der Waals surface area contributed by atoms with Crippen molar-refractivity contribution in [3.8, 4) is 5.75 Å². The highest BCUT2D eigenvalue weighted by Gasteiger charge is 2.26. The zero-order valence-electron chi connectivity index (χ0n) is 12.7. The monoisotopic (exact) mass is 314 g/mol. The lowest BCUT2D eigenvalue weighted by molar-refractivity contribution is 0.118. The van der Waals surface area contributed by atoms with E-state index >= 15 is 0 Å². The molecular weight excluding hydrogens is 292 g/mol. The average molecular weight is 314 g/mol. The summed E-state index contributed by atoms with van der Waals surface area (Å²) in [7, 11) is 0. The van der Waals surface area contributed by atoms with Crippen molar-refractivity contribution in [3.63, 3.8) is 0 Å². The molecule has 3 rings (SSSR count). The number of hydrogen-bond donors (Lipinski definition) is 1. The Balaban J connectivity index is 1.83. The van der Waals surface area contributed by atoms with Crippen LogP contribution in [0.3, 0.4) is 0 Å². The molecule has 4 heteroatoms. The van der Waals surface area contributed by atoms with Crippen molar-refractivity contribution in [1.29, 1.82) is 0 Å². The zero-order valence-corrected chi connectivity index (χ0v) is 13.5. The van der Waals surface area contributed by atoms with Crippen LogP contribution in [0.2, 0.25) is 0 Å². The normalized spacial score (nSPS) is 18.2. The van der Waals surface area contributed by atoms with Crippen molar-refractivity contribution in [3.05, 3.63) is 64.9 Å². The maximum atomic E-state index is 9.83. The number of nitrogens with zero attached hydrogens (tertiary/aromatic N) is 2. The Morgan fingerprint density at radius 3 is 2.64 bits per heavy atom. The highest BCUT2D eigenvalue weighted by atomic mass is 32.1. The Bertz CT molecular complexity index is 603. The van der Waals surface area contributed by atoms with Crippen molar-refractivity contribution in [1.82, 2.24) is 9.80 Å². The number of thiophene rings is 1. The van der Waals surface area contributed by atoms with Gasteiger partial charge in [0.1, 0.15) is 5.75 Å². The third-order valence-electron chi connectivity index (χ3n) is 4.20. The Morgan fingerprint density at radius 2 is 2.00 bits per heavy atom. The van der Waals surface area contributed by atoms with Gasteiger partial charge in [0.2, 0.25) is 0 Å². The second-order valence-electron chi connectivity index (χ2n) is 5.68. The van der Waals surface area contributed by atoms with E-state index in [2.05, 4.69) is 39.3 Å². The summed E-state index contributed by atoms with van der Waals surface area (Å²) in [6, 6.07) is 10.1. The first-order valence-electron chi connectivity index (χ1n) is 7.66. The summed E-state index contributed by atoms with van der Waals surface area (Å²) in [4.78, 5) is 4.94. The smallest absolute Gasteiger partial charge is 0.115 e. The maximum Gasteiger partial charge on any atom is 0.115 e. The number of piperazine rings is 1. The summed E-state index contributed by atoms with van der Waals surface area (Å²) >= 11 is 1.73. The molecule has 0 amide bonds. The molecule has 2 aromatic rings. The van der Waals surface area contributed by atoms with Crippen molar-refractivity contribution in [2.75, 3.05) is 32.7 Å². The van der Waals surface area contributed by atoms with E-state index in [-0.39, 0.29) is 6.04 Å². The van der Waals surface area contributed by atoms with Gasteiger partial charge in [0, 0.05) is 32.7 Å². The first kappa shape index (κ1) is 15.3. The Kier molecular flexibility index (Phi) is 4.93. The molecule has 1 aromatic heterocycles. The molecule has 1 aromatic carbocycles. The topological polar surface area (TPSA) is 26.7 Å². The molecule has 116 valence electrons. The van der Waals surface area contributed by atoms with E-state index in [4.69, 9.17) is 0 Å². The first-order valence-corrected chi connectivity index (χ1v) is 8.60. The van der Waals surface area contributed by atoms with Crippen molar-refractivity contribution < 1.29 is 5.11 Å². The van der Waals surface area contributed by atoms with Crippen LogP contribution >= 0.6 is 11.3 Å². The van der Waals surface area contributed by atoms with Gasteiger partial charge in [0.15, 0.2) is 0 Å². The van der Waals surface area contributed by atoms with Crippen LogP contribution in [-0.2, 0) is 0 Å². The van der Waals surface area contributed by atoms with Crippen molar-refractivity contribution >= 4 is 11.3 Å². The van der Waals surface area contributed by atoms with Gasteiger partial charge in [-0.25, -0.2) is 0 Å². The van der Waals surface area contributed by atoms with Gasteiger partial charge in [-0.2, -0.15) is 11.3 Å². The minimum atomic E-state index is 0.226. The summed E-state index contributed by atoms with van der Waals surface area (Å²) < 4.78 is 0. The highest BCUT2D eigenvalue weighted by Crippen LogP contribution is 2.32. The third-order valence-corrected chi connectivity index (χ3v) is 4.91. The van der Waals surface area contributed by atoms with E-state index in [1.165, 1.54) is 5.56 Å². The lowest BCUT2D eigenvalue weighted by Gasteiger charge is -2.39. The molecule has 1 atom stereocenters. The number of hydrogen-bond acceptors (Lipinski definition) is 4. The average Bonchev–Trinajstić information content (AvgIpc) is 3.04. The molecule has 1 unspecified atom stereocenters. The SMILES string of the molecule is C=CCN1CCN(C(c2ccsc2)c2cccc(O)c2)CC1. The number of phenols is 1. The highest BCUT2D eigenvalue weighted by molar-refractivity contribution is 7.08. The third kappa shape index (κ3) is 3.40. The van der Waals surface area contributed by atoms with Crippen LogP contribution in [0, 0.1) is 0 Å². The Hall–Kier alpha value is -1.62. The van der Waals surface area contributed by atoms with E-state index in [0.717, 1.165) is 38.3 Å². The molecule has 0 radical (unpaired) electrons. The predicted octanol–water partition coefficient (Wildman–Crippen LogP) is 3.35. The van der Waals surface area contributed by atoms with Crippen LogP contribution in [0.1, 0.15) is 17.2 Å². The molecule has 0 saturated carbocycles. The van der Waals surface area contributed by atoms with Gasteiger partial charge in [-0.3, -0.25) is 9.80 Å². The molecule has 1 N–H and O–H groups in total. The fourth-order valence-electron chi connectivity index (χ4n) is 3.13. The van der Waals surface area contributed by atoms with E-state index in [1.807, 2.05) is 18.2 Å². The Morgan fingerprint density at radius 1 is 1.18 bits per heavy atom. The lowest BCUT2D eigenvalue weighted by Crippen LogP contribution is -2.47. The van der Waals surface area contributed by atoms with E-state index < -0.39 is 0 Å². The van der Waals surface area contributed by atoms with Crippen molar-refractivity contribution in [2.45, 2.75) is 6.04 Å². The fourth-order valence-corrected chi connectivity index (χ4v) is 3.81. The molecule has 1 aliphatic heterocycles. The number of rotatable bonds is 5.